The molecule has 3 fully saturated rings. The summed E-state index contributed by atoms with van der Waals surface area (Å²) < 4.78 is 10.9. The van der Waals surface area contributed by atoms with Crippen LogP contribution in [0.5, 0.6) is 0 Å². The Kier molecular flexibility index (Phi) is 5.95. The Morgan fingerprint density at radius 1 is 1.16 bits per heavy atom. The van der Waals surface area contributed by atoms with E-state index in [1.807, 2.05) is 25.3 Å². The molecule has 3 aliphatic rings. The van der Waals surface area contributed by atoms with E-state index < -0.39 is 5.63 Å². The van der Waals surface area contributed by atoms with Gasteiger partial charge >= 0.3 is 5.63 Å². The van der Waals surface area contributed by atoms with Crippen LogP contribution < -0.4 is 15.8 Å². The van der Waals surface area contributed by atoms with Gasteiger partial charge in [0.1, 0.15) is 11.3 Å². The van der Waals surface area contributed by atoms with E-state index in [0.29, 0.717) is 35.7 Å². The van der Waals surface area contributed by atoms with E-state index in [4.69, 9.17) is 14.1 Å². The molecule has 2 aliphatic heterocycles. The second kappa shape index (κ2) is 9.02. The zero-order chi connectivity index (χ0) is 22.1. The number of hydrogen-bond donors (Lipinski definition) is 1. The molecule has 1 saturated carbocycles. The van der Waals surface area contributed by atoms with Crippen LogP contribution in [0.1, 0.15) is 77.7 Å². The molecule has 8 heteroatoms. The minimum Gasteiger partial charge on any atom is -0.427 e. The van der Waals surface area contributed by atoms with Gasteiger partial charge in [0.2, 0.25) is 5.95 Å². The van der Waals surface area contributed by atoms with Gasteiger partial charge in [0.15, 0.2) is 0 Å². The topological polar surface area (TPSA) is 97.6 Å². The van der Waals surface area contributed by atoms with Crippen molar-refractivity contribution in [3.8, 4) is 0 Å². The standard InChI is InChI=1S/C24H30N4O4/c1-15-13-20(17-3-2-4-17)32-23(30)21(15)22(29)26-18-6-10-28(14-18)24-25-9-5-19(27-24)16-7-11-31-12-8-16/h5,9,13,16-18H,2-4,6-8,10-12,14H2,1H3,(H,26,29). The Bertz CT molecular complexity index is 1040. The summed E-state index contributed by atoms with van der Waals surface area (Å²) in [6.45, 7) is 4.74. The molecule has 170 valence electrons. The summed E-state index contributed by atoms with van der Waals surface area (Å²) in [6.07, 6.45) is 7.81. The highest BCUT2D eigenvalue weighted by atomic mass is 16.5. The molecule has 2 aromatic rings. The maximum atomic E-state index is 12.9. The van der Waals surface area contributed by atoms with E-state index in [-0.39, 0.29) is 17.5 Å². The van der Waals surface area contributed by atoms with E-state index in [1.54, 1.807) is 0 Å². The number of aryl methyl sites for hydroxylation is 1. The summed E-state index contributed by atoms with van der Waals surface area (Å²) in [7, 11) is 0. The summed E-state index contributed by atoms with van der Waals surface area (Å²) in [4.78, 5) is 36.8. The number of rotatable bonds is 5. The van der Waals surface area contributed by atoms with E-state index in [2.05, 4.69) is 15.2 Å². The van der Waals surface area contributed by atoms with Crippen molar-refractivity contribution in [1.29, 1.82) is 0 Å². The molecular weight excluding hydrogens is 408 g/mol. The van der Waals surface area contributed by atoms with Crippen LogP contribution in [0, 0.1) is 6.92 Å². The maximum absolute atomic E-state index is 12.9. The minimum absolute atomic E-state index is 0.0667. The summed E-state index contributed by atoms with van der Waals surface area (Å²) in [5.41, 5.74) is 1.32. The lowest BCUT2D eigenvalue weighted by molar-refractivity contribution is 0.0845. The van der Waals surface area contributed by atoms with Gasteiger partial charge in [-0.15, -0.1) is 0 Å². The lowest BCUT2D eigenvalue weighted by Crippen LogP contribution is -2.39. The molecule has 0 aromatic carbocycles. The first-order valence-electron chi connectivity index (χ1n) is 11.7. The van der Waals surface area contributed by atoms with Crippen LogP contribution in [0.2, 0.25) is 0 Å². The van der Waals surface area contributed by atoms with Gasteiger partial charge in [-0.25, -0.2) is 14.8 Å². The molecule has 1 aliphatic carbocycles. The van der Waals surface area contributed by atoms with Crippen LogP contribution in [0.3, 0.4) is 0 Å². The lowest BCUT2D eigenvalue weighted by Gasteiger charge is -2.24. The summed E-state index contributed by atoms with van der Waals surface area (Å²) in [5.74, 6) is 1.78. The van der Waals surface area contributed by atoms with Crippen molar-refractivity contribution >= 4 is 11.9 Å². The number of nitrogens with one attached hydrogen (secondary N) is 1. The SMILES string of the molecule is Cc1cc(C2CCC2)oc(=O)c1C(=O)NC1CCN(c2nccc(C3CCOCC3)n2)C1. The molecule has 32 heavy (non-hydrogen) atoms. The zero-order valence-corrected chi connectivity index (χ0v) is 18.5. The smallest absolute Gasteiger partial charge is 0.349 e. The van der Waals surface area contributed by atoms with Crippen LogP contribution in [0.15, 0.2) is 27.5 Å². The predicted octanol–water partition coefficient (Wildman–Crippen LogP) is 2.91. The maximum Gasteiger partial charge on any atom is 0.349 e. The fourth-order valence-corrected chi connectivity index (χ4v) is 4.85. The van der Waals surface area contributed by atoms with Gasteiger partial charge in [0.25, 0.3) is 5.91 Å². The number of amides is 1. The first-order chi connectivity index (χ1) is 15.6. The van der Waals surface area contributed by atoms with E-state index in [0.717, 1.165) is 64.0 Å². The Morgan fingerprint density at radius 2 is 1.97 bits per heavy atom. The normalized spacial score (nSPS) is 22.0. The second-order valence-corrected chi connectivity index (χ2v) is 9.20. The Labute approximate surface area is 187 Å². The molecule has 1 amide bonds. The highest BCUT2D eigenvalue weighted by Crippen LogP contribution is 2.36. The van der Waals surface area contributed by atoms with Crippen LogP contribution in [0.4, 0.5) is 5.95 Å². The zero-order valence-electron chi connectivity index (χ0n) is 18.5. The fourth-order valence-electron chi connectivity index (χ4n) is 4.85. The molecule has 1 atom stereocenters. The third-order valence-corrected chi connectivity index (χ3v) is 7.01. The molecule has 0 radical (unpaired) electrons. The summed E-state index contributed by atoms with van der Waals surface area (Å²) in [6, 6.07) is 3.78. The van der Waals surface area contributed by atoms with Crippen molar-refractivity contribution in [3.63, 3.8) is 0 Å². The highest BCUT2D eigenvalue weighted by molar-refractivity contribution is 5.95. The van der Waals surface area contributed by atoms with E-state index in [1.165, 1.54) is 0 Å². The van der Waals surface area contributed by atoms with Gasteiger partial charge in [-0.05, 0) is 56.7 Å². The number of hydrogen-bond acceptors (Lipinski definition) is 7. The molecule has 0 spiro atoms. The number of ether oxygens (including phenoxy) is 1. The number of nitrogens with zero attached hydrogens (tertiary/aromatic N) is 3. The van der Waals surface area contributed by atoms with Crippen molar-refractivity contribution in [3.05, 3.63) is 51.3 Å². The van der Waals surface area contributed by atoms with E-state index >= 15 is 0 Å². The molecule has 5 rings (SSSR count). The molecule has 8 nitrogen and oxygen atoms in total. The number of anilines is 1. The van der Waals surface area contributed by atoms with Crippen molar-refractivity contribution in [1.82, 2.24) is 15.3 Å². The molecule has 2 saturated heterocycles. The molecular formula is C24H30N4O4. The third kappa shape index (κ3) is 4.28. The van der Waals surface area contributed by atoms with Crippen LogP contribution in [0.25, 0.3) is 0 Å². The monoisotopic (exact) mass is 438 g/mol. The van der Waals surface area contributed by atoms with Crippen molar-refractivity contribution in [2.75, 3.05) is 31.2 Å². The second-order valence-electron chi connectivity index (χ2n) is 9.20. The number of carbonyl (C=O) groups excluding carboxylic acids is 1. The third-order valence-electron chi connectivity index (χ3n) is 7.01. The molecule has 1 unspecified atom stereocenters. The van der Waals surface area contributed by atoms with Crippen molar-refractivity contribution in [2.24, 2.45) is 0 Å². The predicted molar refractivity (Wildman–Crippen MR) is 119 cm³/mol. The van der Waals surface area contributed by atoms with Crippen molar-refractivity contribution in [2.45, 2.75) is 63.3 Å². The minimum atomic E-state index is -0.535. The molecule has 2 aromatic heterocycles. The first kappa shape index (κ1) is 21.1. The van der Waals surface area contributed by atoms with Gasteiger partial charge in [0, 0.05) is 56.1 Å². The van der Waals surface area contributed by atoms with Gasteiger partial charge < -0.3 is 19.4 Å². The van der Waals surface area contributed by atoms with Crippen LogP contribution in [-0.2, 0) is 4.74 Å². The summed E-state index contributed by atoms with van der Waals surface area (Å²) >= 11 is 0. The largest absolute Gasteiger partial charge is 0.427 e. The average molecular weight is 439 g/mol. The first-order valence-corrected chi connectivity index (χ1v) is 11.7. The Morgan fingerprint density at radius 3 is 2.69 bits per heavy atom. The fraction of sp³-hybridized carbons (Fsp3) is 0.583. The van der Waals surface area contributed by atoms with Crippen molar-refractivity contribution < 1.29 is 13.9 Å². The molecule has 0 bridgehead atoms. The molecule has 4 heterocycles. The summed E-state index contributed by atoms with van der Waals surface area (Å²) in [5, 5.41) is 3.02. The van der Waals surface area contributed by atoms with Gasteiger partial charge in [-0.2, -0.15) is 0 Å². The van der Waals surface area contributed by atoms with Gasteiger partial charge in [0.05, 0.1) is 0 Å². The average Bonchev–Trinajstić information content (AvgIpc) is 3.21. The van der Waals surface area contributed by atoms with E-state index in [9.17, 15) is 9.59 Å². The number of carbonyl (C=O) groups is 1. The quantitative estimate of drug-likeness (QED) is 0.766. The highest BCUT2D eigenvalue weighted by Gasteiger charge is 2.29. The van der Waals surface area contributed by atoms with Gasteiger partial charge in [-0.1, -0.05) is 6.42 Å². The molecule has 1 N–H and O–H groups in total. The Balaban J connectivity index is 1.24. The van der Waals surface area contributed by atoms with Crippen LogP contribution in [-0.4, -0.2) is 48.2 Å². The van der Waals surface area contributed by atoms with Crippen LogP contribution >= 0.6 is 0 Å². The number of aromatic nitrogens is 2. The lowest BCUT2D eigenvalue weighted by atomic mass is 9.83. The van der Waals surface area contributed by atoms with Gasteiger partial charge in [-0.3, -0.25) is 4.79 Å². The Hall–Kier alpha value is -2.74.